The SMILES string of the molecule is COc1ccc(OC)c(C2CCCN2C(=O)CN(Cc2ccco2)Cc2cccs2)c1. The van der Waals surface area contributed by atoms with E-state index in [-0.39, 0.29) is 11.9 Å². The summed E-state index contributed by atoms with van der Waals surface area (Å²) >= 11 is 1.70. The van der Waals surface area contributed by atoms with Crippen molar-refractivity contribution >= 4 is 17.2 Å². The summed E-state index contributed by atoms with van der Waals surface area (Å²) < 4.78 is 16.5. The Morgan fingerprint density at radius 2 is 2.10 bits per heavy atom. The quantitative estimate of drug-likeness (QED) is 0.482. The van der Waals surface area contributed by atoms with Gasteiger partial charge in [-0.1, -0.05) is 6.07 Å². The maximum absolute atomic E-state index is 13.4. The van der Waals surface area contributed by atoms with Crippen LogP contribution >= 0.6 is 11.3 Å². The maximum atomic E-state index is 13.4. The number of carbonyl (C=O) groups excluding carboxylic acids is 1. The fraction of sp³-hybridized carbons (Fsp3) is 0.375. The van der Waals surface area contributed by atoms with Gasteiger partial charge in [-0.3, -0.25) is 9.69 Å². The van der Waals surface area contributed by atoms with E-state index in [0.29, 0.717) is 19.6 Å². The fourth-order valence-electron chi connectivity index (χ4n) is 4.18. The first-order chi connectivity index (χ1) is 15.2. The van der Waals surface area contributed by atoms with Crippen molar-refractivity contribution in [2.45, 2.75) is 32.0 Å². The molecule has 6 nitrogen and oxygen atoms in total. The molecule has 0 bridgehead atoms. The van der Waals surface area contributed by atoms with Crippen molar-refractivity contribution in [2.24, 2.45) is 0 Å². The highest BCUT2D eigenvalue weighted by Crippen LogP contribution is 2.39. The average Bonchev–Trinajstić information content (AvgIpc) is 3.55. The third-order valence-electron chi connectivity index (χ3n) is 5.65. The molecule has 1 saturated heterocycles. The third kappa shape index (κ3) is 5.11. The molecule has 3 heterocycles. The van der Waals surface area contributed by atoms with Gasteiger partial charge in [-0.05, 0) is 54.6 Å². The van der Waals surface area contributed by atoms with Gasteiger partial charge in [0, 0.05) is 23.5 Å². The molecule has 1 atom stereocenters. The predicted molar refractivity (Wildman–Crippen MR) is 120 cm³/mol. The van der Waals surface area contributed by atoms with Crippen LogP contribution in [0.5, 0.6) is 11.5 Å². The van der Waals surface area contributed by atoms with E-state index in [0.717, 1.165) is 42.2 Å². The molecule has 1 aliphatic rings. The molecule has 0 spiro atoms. The second-order valence-electron chi connectivity index (χ2n) is 7.66. The molecular formula is C24H28N2O4S. The van der Waals surface area contributed by atoms with Crippen molar-refractivity contribution in [2.75, 3.05) is 27.3 Å². The van der Waals surface area contributed by atoms with Gasteiger partial charge in [0.1, 0.15) is 17.3 Å². The lowest BCUT2D eigenvalue weighted by atomic mass is 10.0. The minimum Gasteiger partial charge on any atom is -0.497 e. The van der Waals surface area contributed by atoms with Gasteiger partial charge < -0.3 is 18.8 Å². The van der Waals surface area contributed by atoms with Gasteiger partial charge in [0.05, 0.1) is 39.6 Å². The molecule has 4 rings (SSSR count). The molecule has 0 radical (unpaired) electrons. The molecule has 1 unspecified atom stereocenters. The van der Waals surface area contributed by atoms with Crippen LogP contribution in [0, 0.1) is 0 Å². The zero-order valence-electron chi connectivity index (χ0n) is 18.0. The minimum absolute atomic E-state index is 0.00949. The highest BCUT2D eigenvalue weighted by atomic mass is 32.1. The van der Waals surface area contributed by atoms with Crippen LogP contribution in [0.2, 0.25) is 0 Å². The van der Waals surface area contributed by atoms with E-state index in [1.165, 1.54) is 4.88 Å². The fourth-order valence-corrected chi connectivity index (χ4v) is 4.93. The standard InChI is InChI=1S/C24H28N2O4S/c1-28-18-9-10-23(29-2)21(14-18)22-8-3-11-26(22)24(27)17-25(15-19-6-4-12-30-19)16-20-7-5-13-31-20/h4-7,9-10,12-14,22H,3,8,11,15-17H2,1-2H3. The zero-order valence-corrected chi connectivity index (χ0v) is 18.8. The molecule has 1 amide bonds. The number of thiophene rings is 1. The Morgan fingerprint density at radius 3 is 2.81 bits per heavy atom. The summed E-state index contributed by atoms with van der Waals surface area (Å²) in [6.07, 6.45) is 3.56. The summed E-state index contributed by atoms with van der Waals surface area (Å²) in [5.41, 5.74) is 1.00. The highest BCUT2D eigenvalue weighted by Gasteiger charge is 2.33. The predicted octanol–water partition coefficient (Wildman–Crippen LogP) is 4.72. The lowest BCUT2D eigenvalue weighted by Crippen LogP contribution is -2.39. The molecule has 1 fully saturated rings. The van der Waals surface area contributed by atoms with Gasteiger partial charge in [0.15, 0.2) is 0 Å². The number of ether oxygens (including phenoxy) is 2. The summed E-state index contributed by atoms with van der Waals surface area (Å²) in [4.78, 5) is 18.8. The number of carbonyl (C=O) groups is 1. The molecule has 164 valence electrons. The summed E-state index contributed by atoms with van der Waals surface area (Å²) in [6, 6.07) is 13.7. The van der Waals surface area contributed by atoms with E-state index < -0.39 is 0 Å². The van der Waals surface area contributed by atoms with E-state index in [1.54, 1.807) is 31.8 Å². The van der Waals surface area contributed by atoms with Gasteiger partial charge in [-0.2, -0.15) is 0 Å². The van der Waals surface area contributed by atoms with Crippen LogP contribution in [0.1, 0.15) is 35.1 Å². The Bertz CT molecular complexity index is 935. The van der Waals surface area contributed by atoms with E-state index in [1.807, 2.05) is 41.3 Å². The molecular weight excluding hydrogens is 412 g/mol. The van der Waals surface area contributed by atoms with Crippen molar-refractivity contribution in [3.63, 3.8) is 0 Å². The van der Waals surface area contributed by atoms with Gasteiger partial charge in [-0.15, -0.1) is 11.3 Å². The first kappa shape index (κ1) is 21.5. The average molecular weight is 441 g/mol. The second-order valence-corrected chi connectivity index (χ2v) is 8.69. The summed E-state index contributed by atoms with van der Waals surface area (Å²) in [5.74, 6) is 2.54. The summed E-state index contributed by atoms with van der Waals surface area (Å²) in [6.45, 7) is 2.39. The number of nitrogens with zero attached hydrogens (tertiary/aromatic N) is 2. The normalized spacial score (nSPS) is 16.1. The number of likely N-dealkylation sites (tertiary alicyclic amines) is 1. The lowest BCUT2D eigenvalue weighted by molar-refractivity contribution is -0.133. The minimum atomic E-state index is -0.00949. The first-order valence-electron chi connectivity index (χ1n) is 10.5. The molecule has 0 N–H and O–H groups in total. The molecule has 31 heavy (non-hydrogen) atoms. The second kappa shape index (κ2) is 10.0. The van der Waals surface area contributed by atoms with E-state index in [4.69, 9.17) is 13.9 Å². The summed E-state index contributed by atoms with van der Waals surface area (Å²) in [7, 11) is 3.32. The monoisotopic (exact) mass is 440 g/mol. The first-order valence-corrected chi connectivity index (χ1v) is 11.3. The maximum Gasteiger partial charge on any atom is 0.237 e. The van der Waals surface area contributed by atoms with E-state index in [2.05, 4.69) is 16.3 Å². The van der Waals surface area contributed by atoms with E-state index >= 15 is 0 Å². The van der Waals surface area contributed by atoms with Gasteiger partial charge in [-0.25, -0.2) is 0 Å². The van der Waals surface area contributed by atoms with Crippen LogP contribution < -0.4 is 9.47 Å². The van der Waals surface area contributed by atoms with Crippen LogP contribution in [-0.4, -0.2) is 43.0 Å². The smallest absolute Gasteiger partial charge is 0.237 e. The Kier molecular flexibility index (Phi) is 6.94. The third-order valence-corrected chi connectivity index (χ3v) is 6.51. The van der Waals surface area contributed by atoms with Gasteiger partial charge in [0.25, 0.3) is 0 Å². The molecule has 0 saturated carbocycles. The molecule has 7 heteroatoms. The molecule has 1 aromatic carbocycles. The number of rotatable bonds is 9. The largest absolute Gasteiger partial charge is 0.497 e. The van der Waals surface area contributed by atoms with Crippen molar-refractivity contribution in [1.29, 1.82) is 0 Å². The Labute approximate surface area is 187 Å². The number of methoxy groups -OCH3 is 2. The van der Waals surface area contributed by atoms with Crippen molar-refractivity contribution < 1.29 is 18.7 Å². The van der Waals surface area contributed by atoms with Crippen molar-refractivity contribution in [3.05, 3.63) is 70.3 Å². The van der Waals surface area contributed by atoms with Crippen molar-refractivity contribution in [3.8, 4) is 11.5 Å². The van der Waals surface area contributed by atoms with Crippen LogP contribution in [0.15, 0.2) is 58.5 Å². The van der Waals surface area contributed by atoms with Gasteiger partial charge >= 0.3 is 0 Å². The molecule has 0 aliphatic carbocycles. The van der Waals surface area contributed by atoms with Crippen LogP contribution in [-0.2, 0) is 17.9 Å². The van der Waals surface area contributed by atoms with Gasteiger partial charge in [0.2, 0.25) is 5.91 Å². The Morgan fingerprint density at radius 1 is 1.19 bits per heavy atom. The topological polar surface area (TPSA) is 55.2 Å². The zero-order chi connectivity index (χ0) is 21.6. The molecule has 1 aliphatic heterocycles. The number of hydrogen-bond donors (Lipinski definition) is 0. The number of amides is 1. The number of hydrogen-bond acceptors (Lipinski definition) is 6. The number of benzene rings is 1. The lowest BCUT2D eigenvalue weighted by Gasteiger charge is -2.29. The van der Waals surface area contributed by atoms with Crippen LogP contribution in [0.4, 0.5) is 0 Å². The van der Waals surface area contributed by atoms with E-state index in [9.17, 15) is 4.79 Å². The summed E-state index contributed by atoms with van der Waals surface area (Å²) in [5, 5.41) is 2.06. The van der Waals surface area contributed by atoms with Crippen LogP contribution in [0.25, 0.3) is 0 Å². The van der Waals surface area contributed by atoms with Crippen LogP contribution in [0.3, 0.4) is 0 Å². The number of furan rings is 1. The molecule has 3 aromatic rings. The van der Waals surface area contributed by atoms with Crippen molar-refractivity contribution in [1.82, 2.24) is 9.80 Å². The Hall–Kier alpha value is -2.77. The Balaban J connectivity index is 1.52. The molecule has 2 aromatic heterocycles. The highest BCUT2D eigenvalue weighted by molar-refractivity contribution is 7.09.